The number of rotatable bonds is 8. The van der Waals surface area contributed by atoms with E-state index in [2.05, 4.69) is 30.1 Å². The highest BCUT2D eigenvalue weighted by atomic mass is 32.2. The Morgan fingerprint density at radius 3 is 2.33 bits per heavy atom. The minimum Gasteiger partial charge on any atom is -0.470 e. The summed E-state index contributed by atoms with van der Waals surface area (Å²) < 4.78 is 106. The van der Waals surface area contributed by atoms with E-state index in [-0.39, 0.29) is 22.7 Å². The van der Waals surface area contributed by atoms with Gasteiger partial charge < -0.3 is 10.1 Å². The summed E-state index contributed by atoms with van der Waals surface area (Å²) in [6, 6.07) is 1.29. The van der Waals surface area contributed by atoms with E-state index in [4.69, 9.17) is 0 Å². The Hall–Kier alpha value is -2.91. The van der Waals surface area contributed by atoms with Crippen molar-refractivity contribution in [3.05, 3.63) is 24.7 Å². The van der Waals surface area contributed by atoms with Crippen LogP contribution >= 0.6 is 11.8 Å². The van der Waals surface area contributed by atoms with Crippen molar-refractivity contribution in [1.82, 2.24) is 24.6 Å². The number of nitrogens with zero attached hydrogens (tertiary/aromatic N) is 5. The predicted octanol–water partition coefficient (Wildman–Crippen LogP) is 4.85. The molecule has 0 bridgehead atoms. The zero-order valence-electron chi connectivity index (χ0n) is 16.5. The molecular weight excluding hydrogens is 488 g/mol. The summed E-state index contributed by atoms with van der Waals surface area (Å²) in [5.74, 6) is -5.12. The summed E-state index contributed by atoms with van der Waals surface area (Å²) in [5.41, 5.74) is 0.526. The molecule has 0 aliphatic heterocycles. The quantitative estimate of drug-likeness (QED) is 0.349. The van der Waals surface area contributed by atoms with E-state index >= 15 is 0 Å². The molecule has 3 rings (SSSR count). The molecule has 0 aliphatic carbocycles. The fourth-order valence-corrected chi connectivity index (χ4v) is 3.23. The van der Waals surface area contributed by atoms with Crippen molar-refractivity contribution in [2.75, 3.05) is 24.2 Å². The Kier molecular flexibility index (Phi) is 6.85. The number of thioether (sulfide) groups is 1. The Balaban J connectivity index is 1.92. The van der Waals surface area contributed by atoms with Crippen LogP contribution in [0.1, 0.15) is 6.92 Å². The Bertz CT molecular complexity index is 1100. The molecule has 0 saturated heterocycles. The van der Waals surface area contributed by atoms with Gasteiger partial charge in [-0.15, -0.1) is 11.8 Å². The van der Waals surface area contributed by atoms with Crippen molar-refractivity contribution in [3.8, 4) is 17.1 Å². The van der Waals surface area contributed by atoms with E-state index in [1.54, 1.807) is 6.92 Å². The van der Waals surface area contributed by atoms with Crippen LogP contribution in [0.4, 0.5) is 40.9 Å². The lowest BCUT2D eigenvalue weighted by atomic mass is 10.2. The standard InChI is InChI=1S/C17H14F8N6OS/c1-2-33-14-12(13-26-4-3-10(31(13)30-14)29-7-16(20,21)22)9-5-28-11(6-27-9)32-8-15(18,19)17(23,24)25/h3-6,29H,2,7-8H2,1H3. The third-order valence-electron chi connectivity index (χ3n) is 3.94. The Labute approximate surface area is 184 Å². The van der Waals surface area contributed by atoms with Crippen molar-refractivity contribution >= 4 is 23.2 Å². The average Bonchev–Trinajstić information content (AvgIpc) is 3.08. The first-order chi connectivity index (χ1) is 15.3. The van der Waals surface area contributed by atoms with Crippen LogP contribution in [-0.4, -0.2) is 61.7 Å². The van der Waals surface area contributed by atoms with Crippen LogP contribution < -0.4 is 10.1 Å². The molecule has 0 aliphatic rings. The fraction of sp³-hybridized carbons (Fsp3) is 0.412. The molecule has 0 aromatic carbocycles. The molecule has 16 heteroatoms. The molecule has 1 N–H and O–H groups in total. The van der Waals surface area contributed by atoms with E-state index in [1.807, 2.05) is 0 Å². The van der Waals surface area contributed by atoms with Gasteiger partial charge in [0, 0.05) is 6.20 Å². The highest BCUT2D eigenvalue weighted by molar-refractivity contribution is 7.99. The maximum Gasteiger partial charge on any atom is 0.456 e. The third kappa shape index (κ3) is 5.72. The van der Waals surface area contributed by atoms with Crippen LogP contribution in [0.5, 0.6) is 5.88 Å². The van der Waals surface area contributed by atoms with Gasteiger partial charge in [-0.3, -0.25) is 0 Å². The van der Waals surface area contributed by atoms with Crippen LogP contribution in [0, 0.1) is 0 Å². The van der Waals surface area contributed by atoms with Gasteiger partial charge in [0.15, 0.2) is 12.3 Å². The summed E-state index contributed by atoms with van der Waals surface area (Å²) in [7, 11) is 0. The van der Waals surface area contributed by atoms with Crippen molar-refractivity contribution in [1.29, 1.82) is 0 Å². The largest absolute Gasteiger partial charge is 0.470 e. The first-order valence-electron chi connectivity index (χ1n) is 9.03. The molecule has 0 atom stereocenters. The first-order valence-corrected chi connectivity index (χ1v) is 10.0. The lowest BCUT2D eigenvalue weighted by Crippen LogP contribution is -2.41. The smallest absolute Gasteiger partial charge is 0.456 e. The number of halogens is 8. The van der Waals surface area contributed by atoms with Gasteiger partial charge in [-0.1, -0.05) is 6.92 Å². The number of hydrogen-bond acceptors (Lipinski definition) is 7. The number of anilines is 1. The second-order valence-electron chi connectivity index (χ2n) is 6.38. The topological polar surface area (TPSA) is 77.2 Å². The minimum atomic E-state index is -5.78. The highest BCUT2D eigenvalue weighted by Crippen LogP contribution is 2.36. The zero-order chi connectivity index (χ0) is 24.4. The van der Waals surface area contributed by atoms with Gasteiger partial charge in [-0.2, -0.15) is 44.7 Å². The van der Waals surface area contributed by atoms with E-state index in [0.29, 0.717) is 10.8 Å². The second-order valence-corrected chi connectivity index (χ2v) is 7.63. The molecule has 0 unspecified atom stereocenters. The molecule has 3 heterocycles. The van der Waals surface area contributed by atoms with Gasteiger partial charge >= 0.3 is 18.3 Å². The number of alkyl halides is 8. The minimum absolute atomic E-state index is 0.00354. The number of nitrogens with one attached hydrogen (secondary N) is 1. The van der Waals surface area contributed by atoms with E-state index in [1.165, 1.54) is 24.0 Å². The van der Waals surface area contributed by atoms with E-state index in [0.717, 1.165) is 16.9 Å². The second kappa shape index (κ2) is 9.15. The molecule has 3 aromatic rings. The SMILES string of the molecule is CCSc1nn2c(NCC(F)(F)F)ccnc2c1-c1cnc(OCC(F)(F)C(F)(F)F)cn1. The summed E-state index contributed by atoms with van der Waals surface area (Å²) in [6.07, 6.45) is -7.11. The highest BCUT2D eigenvalue weighted by Gasteiger charge is 2.58. The van der Waals surface area contributed by atoms with Crippen LogP contribution in [-0.2, 0) is 0 Å². The van der Waals surface area contributed by atoms with Crippen LogP contribution in [0.25, 0.3) is 16.9 Å². The van der Waals surface area contributed by atoms with Crippen LogP contribution in [0.15, 0.2) is 29.7 Å². The molecular formula is C17H14F8N6OS. The van der Waals surface area contributed by atoms with Crippen LogP contribution in [0.2, 0.25) is 0 Å². The monoisotopic (exact) mass is 502 g/mol. The lowest BCUT2D eigenvalue weighted by Gasteiger charge is -2.19. The predicted molar refractivity (Wildman–Crippen MR) is 101 cm³/mol. The lowest BCUT2D eigenvalue weighted by molar-refractivity contribution is -0.290. The molecule has 3 aromatic heterocycles. The van der Waals surface area contributed by atoms with Crippen LogP contribution in [0.3, 0.4) is 0 Å². The molecule has 0 spiro atoms. The summed E-state index contributed by atoms with van der Waals surface area (Å²) in [5, 5.41) is 6.83. The zero-order valence-corrected chi connectivity index (χ0v) is 17.3. The molecule has 0 radical (unpaired) electrons. The molecule has 7 nitrogen and oxygen atoms in total. The van der Waals surface area contributed by atoms with Crippen molar-refractivity contribution in [2.45, 2.75) is 30.2 Å². The average molecular weight is 502 g/mol. The molecule has 33 heavy (non-hydrogen) atoms. The maximum absolute atomic E-state index is 13.0. The third-order valence-corrected chi connectivity index (χ3v) is 4.79. The van der Waals surface area contributed by atoms with Gasteiger partial charge in [0.1, 0.15) is 17.4 Å². The van der Waals surface area contributed by atoms with E-state index in [9.17, 15) is 35.1 Å². The molecule has 0 saturated carbocycles. The number of aromatic nitrogens is 5. The Morgan fingerprint density at radius 1 is 1.03 bits per heavy atom. The number of fused-ring (bicyclic) bond motifs is 1. The Morgan fingerprint density at radius 2 is 1.76 bits per heavy atom. The van der Waals surface area contributed by atoms with E-state index < -0.39 is 37.3 Å². The van der Waals surface area contributed by atoms with Crippen molar-refractivity contribution in [3.63, 3.8) is 0 Å². The van der Waals surface area contributed by atoms with Gasteiger partial charge in [0.05, 0.1) is 23.7 Å². The van der Waals surface area contributed by atoms with Gasteiger partial charge in [0.2, 0.25) is 5.88 Å². The van der Waals surface area contributed by atoms with Gasteiger partial charge in [-0.05, 0) is 11.8 Å². The van der Waals surface area contributed by atoms with Crippen molar-refractivity contribution in [2.24, 2.45) is 0 Å². The molecule has 180 valence electrons. The number of ether oxygens (including phenoxy) is 1. The molecule has 0 fully saturated rings. The van der Waals surface area contributed by atoms with Crippen molar-refractivity contribution < 1.29 is 39.9 Å². The summed E-state index contributed by atoms with van der Waals surface area (Å²) >= 11 is 1.23. The summed E-state index contributed by atoms with van der Waals surface area (Å²) in [6.45, 7) is -1.49. The molecule has 0 amide bonds. The summed E-state index contributed by atoms with van der Waals surface area (Å²) in [4.78, 5) is 11.8. The normalized spacial score (nSPS) is 12.9. The fourth-order valence-electron chi connectivity index (χ4n) is 2.48. The van der Waals surface area contributed by atoms with Gasteiger partial charge in [0.25, 0.3) is 0 Å². The first kappa shape index (κ1) is 24.7. The maximum atomic E-state index is 13.0. The number of hydrogen-bond donors (Lipinski definition) is 1. The van der Waals surface area contributed by atoms with Gasteiger partial charge in [-0.25, -0.2) is 15.0 Å².